The van der Waals surface area contributed by atoms with Crippen LogP contribution in [0, 0.1) is 5.82 Å². The Morgan fingerprint density at radius 1 is 1.18 bits per heavy atom. The number of aromatic nitrogens is 5. The molecule has 5 N–H and O–H groups in total. The Balaban J connectivity index is 1.20. The van der Waals surface area contributed by atoms with Crippen LogP contribution in [-0.2, 0) is 19.5 Å². The number of benzene rings is 2. The number of nitrogens with one attached hydrogen (secondary N) is 3. The molecule has 1 aliphatic rings. The van der Waals surface area contributed by atoms with Crippen LogP contribution in [0.2, 0.25) is 0 Å². The monoisotopic (exact) mass is 542 g/mol. The minimum atomic E-state index is -0.633. The average molecular weight is 543 g/mol. The molecule has 12 nitrogen and oxygen atoms in total. The van der Waals surface area contributed by atoms with Crippen molar-refractivity contribution in [3.63, 3.8) is 0 Å². The molecule has 2 amide bonds. The van der Waals surface area contributed by atoms with Crippen molar-refractivity contribution in [2.24, 2.45) is 5.73 Å². The molecule has 0 bridgehead atoms. The van der Waals surface area contributed by atoms with E-state index in [9.17, 15) is 18.8 Å². The molecule has 1 aliphatic carbocycles. The average Bonchev–Trinajstić information content (AvgIpc) is 3.71. The fourth-order valence-electron chi connectivity index (χ4n) is 4.87. The number of aryl methyl sites for hydroxylation is 1. The summed E-state index contributed by atoms with van der Waals surface area (Å²) < 4.78 is 19.8. The van der Waals surface area contributed by atoms with Crippen LogP contribution in [-0.4, -0.2) is 36.3 Å². The van der Waals surface area contributed by atoms with Gasteiger partial charge in [-0.25, -0.2) is 19.2 Å². The van der Waals surface area contributed by atoms with Crippen molar-refractivity contribution in [3.8, 4) is 11.4 Å². The number of hydrogen-bond donors (Lipinski definition) is 4. The van der Waals surface area contributed by atoms with Crippen LogP contribution in [0.15, 0.2) is 64.2 Å². The van der Waals surface area contributed by atoms with Crippen molar-refractivity contribution < 1.29 is 18.5 Å². The molecule has 1 atom stereocenters. The van der Waals surface area contributed by atoms with Gasteiger partial charge in [0.15, 0.2) is 5.82 Å². The van der Waals surface area contributed by atoms with E-state index in [4.69, 9.17) is 5.73 Å². The van der Waals surface area contributed by atoms with Crippen molar-refractivity contribution in [2.75, 3.05) is 0 Å². The Bertz CT molecular complexity index is 1820. The van der Waals surface area contributed by atoms with E-state index in [-0.39, 0.29) is 36.3 Å². The standard InChI is InChI=1S/C27H23FN8O4/c28-19-5-1-14(9-17(19)12-29)13-31-25(38)22-11-21(33-26-30-7-8-36(22)26)24(37)32-20-6-3-15-10-16(2-4-18(15)20)23-34-27(39)40-35-23/h1-2,4-5,7-11,20H,3,6,12-13,29H2,(H,31,38)(H,32,37)(H,34,35,39)/t20-/m0/s1. The molecule has 2 aromatic carbocycles. The Kier molecular flexibility index (Phi) is 6.40. The second-order valence-electron chi connectivity index (χ2n) is 9.36. The Morgan fingerprint density at radius 3 is 2.85 bits per heavy atom. The first kappa shape index (κ1) is 25.1. The third-order valence-electron chi connectivity index (χ3n) is 6.86. The fourth-order valence-corrected chi connectivity index (χ4v) is 4.87. The first-order valence-corrected chi connectivity index (χ1v) is 12.5. The molecule has 3 aromatic heterocycles. The van der Waals surface area contributed by atoms with Crippen molar-refractivity contribution in [1.29, 1.82) is 0 Å². The number of imidazole rings is 1. The first-order valence-electron chi connectivity index (χ1n) is 12.5. The number of carbonyl (C=O) groups excluding carboxylic acids is 2. The number of halogens is 1. The highest BCUT2D eigenvalue weighted by atomic mass is 19.1. The molecule has 0 radical (unpaired) electrons. The van der Waals surface area contributed by atoms with E-state index >= 15 is 0 Å². The van der Waals surface area contributed by atoms with Gasteiger partial charge in [0.05, 0.1) is 6.04 Å². The number of amides is 2. The number of H-pyrrole nitrogens is 1. The predicted octanol–water partition coefficient (Wildman–Crippen LogP) is 2.02. The maximum absolute atomic E-state index is 13.8. The van der Waals surface area contributed by atoms with Crippen molar-refractivity contribution in [2.45, 2.75) is 32.0 Å². The summed E-state index contributed by atoms with van der Waals surface area (Å²) in [4.78, 5) is 48.7. The third-order valence-corrected chi connectivity index (χ3v) is 6.86. The van der Waals surface area contributed by atoms with Gasteiger partial charge in [0.2, 0.25) is 5.78 Å². The van der Waals surface area contributed by atoms with Gasteiger partial charge in [0, 0.05) is 36.6 Å². The highest BCUT2D eigenvalue weighted by molar-refractivity contribution is 5.98. The molecule has 0 saturated heterocycles. The highest BCUT2D eigenvalue weighted by Gasteiger charge is 2.26. The topological polar surface area (TPSA) is 173 Å². The molecule has 13 heteroatoms. The largest absolute Gasteiger partial charge is 0.439 e. The van der Waals surface area contributed by atoms with Gasteiger partial charge in [-0.15, -0.1) is 0 Å². The van der Waals surface area contributed by atoms with Gasteiger partial charge >= 0.3 is 5.76 Å². The number of nitrogens with zero attached hydrogens (tertiary/aromatic N) is 4. The zero-order chi connectivity index (χ0) is 27.8. The predicted molar refractivity (Wildman–Crippen MR) is 140 cm³/mol. The Labute approximate surface area is 225 Å². The molecular formula is C27H23FN8O4. The lowest BCUT2D eigenvalue weighted by molar-refractivity contribution is 0.0931. The van der Waals surface area contributed by atoms with Crippen LogP contribution in [0.25, 0.3) is 17.2 Å². The van der Waals surface area contributed by atoms with Gasteiger partial charge in [-0.05, 0) is 53.8 Å². The summed E-state index contributed by atoms with van der Waals surface area (Å²) >= 11 is 0. The molecule has 6 rings (SSSR count). The third kappa shape index (κ3) is 4.73. The Hall–Kier alpha value is -5.17. The van der Waals surface area contributed by atoms with E-state index in [1.807, 2.05) is 12.1 Å². The summed E-state index contributed by atoms with van der Waals surface area (Å²) in [7, 11) is 0. The van der Waals surface area contributed by atoms with Gasteiger partial charge in [0.25, 0.3) is 11.8 Å². The zero-order valence-corrected chi connectivity index (χ0v) is 21.0. The number of aromatic amines is 1. The van der Waals surface area contributed by atoms with E-state index in [1.54, 1.807) is 24.4 Å². The van der Waals surface area contributed by atoms with Crippen LogP contribution in [0.3, 0.4) is 0 Å². The van der Waals surface area contributed by atoms with Gasteiger partial charge in [0.1, 0.15) is 17.2 Å². The van der Waals surface area contributed by atoms with E-state index < -0.39 is 23.4 Å². The van der Waals surface area contributed by atoms with Crippen LogP contribution in [0.4, 0.5) is 4.39 Å². The maximum Gasteiger partial charge on any atom is 0.439 e. The molecule has 0 fully saturated rings. The molecule has 40 heavy (non-hydrogen) atoms. The van der Waals surface area contributed by atoms with E-state index in [0.29, 0.717) is 35.4 Å². The van der Waals surface area contributed by atoms with Gasteiger partial charge < -0.3 is 16.4 Å². The molecule has 0 saturated carbocycles. The van der Waals surface area contributed by atoms with E-state index in [0.717, 1.165) is 11.1 Å². The zero-order valence-electron chi connectivity index (χ0n) is 21.0. The Morgan fingerprint density at radius 2 is 2.05 bits per heavy atom. The smallest absolute Gasteiger partial charge is 0.347 e. The second kappa shape index (κ2) is 10.2. The van der Waals surface area contributed by atoms with E-state index in [1.165, 1.54) is 22.7 Å². The lowest BCUT2D eigenvalue weighted by Gasteiger charge is -2.15. The summed E-state index contributed by atoms with van der Waals surface area (Å²) in [5.74, 6) is -1.41. The number of carbonyl (C=O) groups is 2. The molecule has 0 unspecified atom stereocenters. The van der Waals surface area contributed by atoms with Crippen LogP contribution < -0.4 is 22.1 Å². The van der Waals surface area contributed by atoms with Gasteiger partial charge in [-0.3, -0.25) is 23.5 Å². The number of fused-ring (bicyclic) bond motifs is 2. The molecule has 0 spiro atoms. The summed E-state index contributed by atoms with van der Waals surface area (Å²) in [5.41, 5.74) is 9.49. The van der Waals surface area contributed by atoms with E-state index in [2.05, 4.69) is 35.3 Å². The lowest BCUT2D eigenvalue weighted by atomic mass is 10.0. The quantitative estimate of drug-likeness (QED) is 0.242. The molecule has 0 aliphatic heterocycles. The van der Waals surface area contributed by atoms with Crippen LogP contribution >= 0.6 is 0 Å². The molecule has 202 valence electrons. The molecule has 5 aromatic rings. The lowest BCUT2D eigenvalue weighted by Crippen LogP contribution is -2.30. The second-order valence-corrected chi connectivity index (χ2v) is 9.36. The fraction of sp³-hybridized carbons (Fsp3) is 0.185. The van der Waals surface area contributed by atoms with Crippen molar-refractivity contribution in [1.82, 2.24) is 35.1 Å². The normalized spacial score (nSPS) is 14.3. The minimum Gasteiger partial charge on any atom is -0.347 e. The van der Waals surface area contributed by atoms with Crippen molar-refractivity contribution in [3.05, 3.63) is 105 Å². The number of hydrogen-bond acceptors (Lipinski definition) is 8. The van der Waals surface area contributed by atoms with Gasteiger partial charge in [-0.2, -0.15) is 0 Å². The van der Waals surface area contributed by atoms with Gasteiger partial charge in [-0.1, -0.05) is 23.4 Å². The number of rotatable bonds is 7. The van der Waals surface area contributed by atoms with Crippen LogP contribution in [0.5, 0.6) is 0 Å². The SMILES string of the molecule is NCc1cc(CNC(=O)c2cc(C(=O)N[C@H]3CCc4cc(-c5noc(=O)[nH]5)ccc43)nc3nccn23)ccc1F. The molecular weight excluding hydrogens is 519 g/mol. The minimum absolute atomic E-state index is 0.0429. The molecule has 3 heterocycles. The first-order chi connectivity index (χ1) is 19.4. The van der Waals surface area contributed by atoms with Crippen molar-refractivity contribution >= 4 is 17.6 Å². The summed E-state index contributed by atoms with van der Waals surface area (Å²) in [5, 5.41) is 9.52. The summed E-state index contributed by atoms with van der Waals surface area (Å²) in [6, 6.07) is 11.2. The van der Waals surface area contributed by atoms with Crippen LogP contribution in [0.1, 0.15) is 55.7 Å². The maximum atomic E-state index is 13.8. The highest BCUT2D eigenvalue weighted by Crippen LogP contribution is 2.33. The summed E-state index contributed by atoms with van der Waals surface area (Å²) in [6.07, 6.45) is 4.45. The number of nitrogens with two attached hydrogens (primary N) is 1. The summed E-state index contributed by atoms with van der Waals surface area (Å²) in [6.45, 7) is 0.177.